The molecule has 0 bridgehead atoms. The van der Waals surface area contributed by atoms with Crippen molar-refractivity contribution in [3.63, 3.8) is 0 Å². The molecule has 1 aromatic heterocycles. The number of rotatable bonds is 5. The SMILES string of the molecule is COc1ccccc1CN(C)C(=O)c1cn(C)nc1C1CCOC1. The number of methoxy groups -OCH3 is 1. The summed E-state index contributed by atoms with van der Waals surface area (Å²) in [6.07, 6.45) is 2.71. The van der Waals surface area contributed by atoms with Gasteiger partial charge in [0, 0.05) is 44.9 Å². The third-order valence-electron chi connectivity index (χ3n) is 4.35. The van der Waals surface area contributed by atoms with Crippen LogP contribution in [-0.4, -0.2) is 48.0 Å². The van der Waals surface area contributed by atoms with Gasteiger partial charge in [-0.2, -0.15) is 5.10 Å². The van der Waals surface area contributed by atoms with Gasteiger partial charge in [0.15, 0.2) is 0 Å². The van der Waals surface area contributed by atoms with Crippen LogP contribution in [0.2, 0.25) is 0 Å². The molecular weight excluding hydrogens is 306 g/mol. The molecule has 2 aromatic rings. The summed E-state index contributed by atoms with van der Waals surface area (Å²) in [5, 5.41) is 4.50. The molecule has 6 nitrogen and oxygen atoms in total. The second-order valence-electron chi connectivity index (χ2n) is 6.14. The molecule has 1 aliphatic heterocycles. The molecule has 128 valence electrons. The molecule has 6 heteroatoms. The Balaban J connectivity index is 1.81. The number of ether oxygens (including phenoxy) is 2. The van der Waals surface area contributed by atoms with E-state index in [-0.39, 0.29) is 11.8 Å². The van der Waals surface area contributed by atoms with E-state index in [0.29, 0.717) is 18.7 Å². The number of aryl methyl sites for hydroxylation is 1. The molecule has 0 spiro atoms. The van der Waals surface area contributed by atoms with Crippen molar-refractivity contribution in [2.45, 2.75) is 18.9 Å². The highest BCUT2D eigenvalue weighted by molar-refractivity contribution is 5.95. The number of nitrogens with zero attached hydrogens (tertiary/aromatic N) is 3. The summed E-state index contributed by atoms with van der Waals surface area (Å²) >= 11 is 0. The smallest absolute Gasteiger partial charge is 0.257 e. The van der Waals surface area contributed by atoms with E-state index in [4.69, 9.17) is 9.47 Å². The van der Waals surface area contributed by atoms with Gasteiger partial charge in [0.05, 0.1) is 25.0 Å². The summed E-state index contributed by atoms with van der Waals surface area (Å²) in [7, 11) is 5.28. The first-order chi connectivity index (χ1) is 11.6. The first kappa shape index (κ1) is 16.5. The number of para-hydroxylation sites is 1. The number of carbonyl (C=O) groups is 1. The van der Waals surface area contributed by atoms with E-state index in [1.54, 1.807) is 29.9 Å². The predicted octanol–water partition coefficient (Wildman–Crippen LogP) is 2.20. The minimum atomic E-state index is -0.0316. The van der Waals surface area contributed by atoms with Crippen molar-refractivity contribution < 1.29 is 14.3 Å². The molecule has 1 aromatic carbocycles. The second-order valence-corrected chi connectivity index (χ2v) is 6.14. The van der Waals surface area contributed by atoms with Crippen molar-refractivity contribution in [3.8, 4) is 5.75 Å². The first-order valence-corrected chi connectivity index (χ1v) is 8.08. The zero-order valence-corrected chi connectivity index (χ0v) is 14.4. The van der Waals surface area contributed by atoms with Gasteiger partial charge in [-0.1, -0.05) is 18.2 Å². The van der Waals surface area contributed by atoms with E-state index in [1.165, 1.54) is 0 Å². The van der Waals surface area contributed by atoms with Crippen molar-refractivity contribution in [2.24, 2.45) is 7.05 Å². The number of aromatic nitrogens is 2. The maximum Gasteiger partial charge on any atom is 0.257 e. The number of carbonyl (C=O) groups excluding carboxylic acids is 1. The summed E-state index contributed by atoms with van der Waals surface area (Å²) in [6, 6.07) is 7.74. The monoisotopic (exact) mass is 329 g/mol. The number of hydrogen-bond acceptors (Lipinski definition) is 4. The fraction of sp³-hybridized carbons (Fsp3) is 0.444. The summed E-state index contributed by atoms with van der Waals surface area (Å²) < 4.78 is 12.5. The minimum Gasteiger partial charge on any atom is -0.496 e. The molecule has 2 heterocycles. The fourth-order valence-corrected chi connectivity index (χ4v) is 3.09. The van der Waals surface area contributed by atoms with Crippen LogP contribution in [0.3, 0.4) is 0 Å². The highest BCUT2D eigenvalue weighted by atomic mass is 16.5. The second kappa shape index (κ2) is 7.05. The standard InChI is InChI=1S/C18H23N3O3/c1-20(10-13-6-4-5-7-16(13)23-3)18(22)15-11-21(2)19-17(15)14-8-9-24-12-14/h4-7,11,14H,8-10,12H2,1-3H3. The zero-order valence-electron chi connectivity index (χ0n) is 14.4. The van der Waals surface area contributed by atoms with Crippen molar-refractivity contribution in [2.75, 3.05) is 27.4 Å². The van der Waals surface area contributed by atoms with Crippen LogP contribution < -0.4 is 4.74 Å². The maximum atomic E-state index is 12.9. The molecular formula is C18H23N3O3. The van der Waals surface area contributed by atoms with E-state index in [1.807, 2.05) is 31.3 Å². The highest BCUT2D eigenvalue weighted by Gasteiger charge is 2.28. The zero-order chi connectivity index (χ0) is 17.1. The van der Waals surface area contributed by atoms with E-state index in [0.717, 1.165) is 30.0 Å². The largest absolute Gasteiger partial charge is 0.496 e. The molecule has 1 unspecified atom stereocenters. The van der Waals surface area contributed by atoms with Gasteiger partial charge in [-0.05, 0) is 12.5 Å². The molecule has 0 N–H and O–H groups in total. The fourth-order valence-electron chi connectivity index (χ4n) is 3.09. The van der Waals surface area contributed by atoms with Crippen LogP contribution >= 0.6 is 0 Å². The van der Waals surface area contributed by atoms with Gasteiger partial charge in [-0.15, -0.1) is 0 Å². The normalized spacial score (nSPS) is 17.0. The quantitative estimate of drug-likeness (QED) is 0.844. The number of hydrogen-bond donors (Lipinski definition) is 0. The Kier molecular flexibility index (Phi) is 4.85. The predicted molar refractivity (Wildman–Crippen MR) is 90.2 cm³/mol. The minimum absolute atomic E-state index is 0.0316. The van der Waals surface area contributed by atoms with Gasteiger partial charge in [-0.3, -0.25) is 9.48 Å². The van der Waals surface area contributed by atoms with Crippen LogP contribution in [0, 0.1) is 0 Å². The highest BCUT2D eigenvalue weighted by Crippen LogP contribution is 2.28. The average Bonchev–Trinajstić information content (AvgIpc) is 3.23. The van der Waals surface area contributed by atoms with Crippen LogP contribution in [-0.2, 0) is 18.3 Å². The lowest BCUT2D eigenvalue weighted by Crippen LogP contribution is -2.27. The molecule has 0 radical (unpaired) electrons. The van der Waals surface area contributed by atoms with Crippen molar-refractivity contribution in [1.82, 2.24) is 14.7 Å². The van der Waals surface area contributed by atoms with Gasteiger partial charge < -0.3 is 14.4 Å². The molecule has 24 heavy (non-hydrogen) atoms. The van der Waals surface area contributed by atoms with Crippen LogP contribution in [0.1, 0.15) is 34.0 Å². The molecule has 1 aliphatic rings. The van der Waals surface area contributed by atoms with E-state index in [2.05, 4.69) is 5.10 Å². The van der Waals surface area contributed by atoms with Gasteiger partial charge in [0.1, 0.15) is 5.75 Å². The maximum absolute atomic E-state index is 12.9. The molecule has 1 fully saturated rings. The molecule has 0 aliphatic carbocycles. The van der Waals surface area contributed by atoms with Crippen molar-refractivity contribution >= 4 is 5.91 Å². The van der Waals surface area contributed by atoms with Gasteiger partial charge >= 0.3 is 0 Å². The van der Waals surface area contributed by atoms with Crippen molar-refractivity contribution in [3.05, 3.63) is 47.3 Å². The van der Waals surface area contributed by atoms with E-state index in [9.17, 15) is 4.79 Å². The number of amides is 1. The summed E-state index contributed by atoms with van der Waals surface area (Å²) in [4.78, 5) is 14.6. The van der Waals surface area contributed by atoms with Crippen LogP contribution in [0.25, 0.3) is 0 Å². The summed E-state index contributed by atoms with van der Waals surface area (Å²) in [6.45, 7) is 1.85. The average molecular weight is 329 g/mol. The Labute approximate surface area is 142 Å². The summed E-state index contributed by atoms with van der Waals surface area (Å²) in [5.74, 6) is 0.952. The van der Waals surface area contributed by atoms with Crippen molar-refractivity contribution in [1.29, 1.82) is 0 Å². The Morgan fingerprint density at radius 3 is 2.96 bits per heavy atom. The van der Waals surface area contributed by atoms with Crippen LogP contribution in [0.4, 0.5) is 0 Å². The Morgan fingerprint density at radius 1 is 1.46 bits per heavy atom. The first-order valence-electron chi connectivity index (χ1n) is 8.08. The number of benzene rings is 1. The third kappa shape index (κ3) is 3.28. The lowest BCUT2D eigenvalue weighted by atomic mass is 10.0. The van der Waals surface area contributed by atoms with Gasteiger partial charge in [-0.25, -0.2) is 0 Å². The Morgan fingerprint density at radius 2 is 2.25 bits per heavy atom. The van der Waals surface area contributed by atoms with Crippen LogP contribution in [0.15, 0.2) is 30.5 Å². The van der Waals surface area contributed by atoms with Gasteiger partial charge in [0.2, 0.25) is 0 Å². The Hall–Kier alpha value is -2.34. The Bertz CT molecular complexity index is 720. The summed E-state index contributed by atoms with van der Waals surface area (Å²) in [5.41, 5.74) is 2.47. The van der Waals surface area contributed by atoms with Gasteiger partial charge in [0.25, 0.3) is 5.91 Å². The molecule has 0 saturated carbocycles. The third-order valence-corrected chi connectivity index (χ3v) is 4.35. The van der Waals surface area contributed by atoms with E-state index >= 15 is 0 Å². The van der Waals surface area contributed by atoms with E-state index < -0.39 is 0 Å². The molecule has 1 saturated heterocycles. The lowest BCUT2D eigenvalue weighted by Gasteiger charge is -2.19. The molecule has 1 atom stereocenters. The van der Waals surface area contributed by atoms with Crippen LogP contribution in [0.5, 0.6) is 5.75 Å². The lowest BCUT2D eigenvalue weighted by molar-refractivity contribution is 0.0782. The molecule has 1 amide bonds. The topological polar surface area (TPSA) is 56.6 Å². The molecule has 3 rings (SSSR count).